The number of aromatic nitrogens is 3. The van der Waals surface area contributed by atoms with Gasteiger partial charge in [-0.15, -0.1) is 0 Å². The molecule has 13 N–H and O–H groups in total. The summed E-state index contributed by atoms with van der Waals surface area (Å²) in [5.74, 6) is -3.07. The lowest BCUT2D eigenvalue weighted by Crippen LogP contribution is -2.60. The fourth-order valence-electron chi connectivity index (χ4n) is 6.61. The molecule has 0 bridgehead atoms. The number of nitrogens with one attached hydrogen (secondary N) is 7. The van der Waals surface area contributed by atoms with Gasteiger partial charge in [-0.05, 0) is 74.2 Å². The number of imidazole rings is 1. The number of benzene rings is 3. The zero-order valence-electron chi connectivity index (χ0n) is 34.6. The standard InChI is InChI=1S/C43H54N12O7/c1-26(50-43(61)55(30-15-17-31(62-2)18-16-30)54-40(58)33(45)22-29-24-47-25-49-29)39(57)52-37(21-28-23-48-34-13-7-6-12-32(28)34)42(60)53-36(20-27-10-4-3-5-11-27)41(59)51-35(38(46)56)14-8-9-19-44/h3-7,10-13,15-18,23-26,33,35-37,48H,8-9,14,19-22,44-45H2,1-2H3,(H2,46,56)(H,47,49)(H,50,61)(H,51,59)(H,52,57)(H,53,60)(H,54,58)/t26-,33-,35-,36+,37-/m0/s1. The Bertz CT molecular complexity index is 2270. The highest BCUT2D eigenvalue weighted by molar-refractivity contribution is 6.00. The van der Waals surface area contributed by atoms with Gasteiger partial charge in [-0.2, -0.15) is 0 Å². The molecule has 5 aromatic rings. The highest BCUT2D eigenvalue weighted by Gasteiger charge is 2.32. The molecule has 7 amide bonds. The number of hydrogen-bond acceptors (Lipinski definition) is 10. The van der Waals surface area contributed by atoms with Crippen LogP contribution < -0.4 is 53.6 Å². The number of hydrazine groups is 1. The first-order valence-corrected chi connectivity index (χ1v) is 20.1. The van der Waals surface area contributed by atoms with Crippen molar-refractivity contribution in [2.24, 2.45) is 17.2 Å². The van der Waals surface area contributed by atoms with Gasteiger partial charge in [0.25, 0.3) is 5.91 Å². The van der Waals surface area contributed by atoms with Crippen molar-refractivity contribution in [1.82, 2.24) is 41.6 Å². The van der Waals surface area contributed by atoms with Crippen LogP contribution >= 0.6 is 0 Å². The molecule has 19 nitrogen and oxygen atoms in total. The van der Waals surface area contributed by atoms with Crippen molar-refractivity contribution in [1.29, 1.82) is 0 Å². The summed E-state index contributed by atoms with van der Waals surface area (Å²) >= 11 is 0. The monoisotopic (exact) mass is 850 g/mol. The number of methoxy groups -OCH3 is 1. The normalized spacial score (nSPS) is 13.4. The number of para-hydroxylation sites is 1. The minimum absolute atomic E-state index is 0.0207. The van der Waals surface area contributed by atoms with Gasteiger partial charge in [-0.3, -0.25) is 29.4 Å². The van der Waals surface area contributed by atoms with Gasteiger partial charge in [-0.1, -0.05) is 48.5 Å². The summed E-state index contributed by atoms with van der Waals surface area (Å²) in [7, 11) is 1.48. The molecule has 2 heterocycles. The summed E-state index contributed by atoms with van der Waals surface area (Å²) in [6, 6.07) is 15.9. The number of unbranched alkanes of at least 4 members (excludes halogenated alkanes) is 1. The lowest BCUT2D eigenvalue weighted by molar-refractivity contribution is -0.133. The average Bonchev–Trinajstić information content (AvgIpc) is 3.94. The first kappa shape index (κ1) is 45.8. The number of urea groups is 1. The zero-order valence-corrected chi connectivity index (χ0v) is 34.6. The van der Waals surface area contributed by atoms with Crippen molar-refractivity contribution in [3.8, 4) is 5.75 Å². The molecule has 0 spiro atoms. The lowest BCUT2D eigenvalue weighted by atomic mass is 10.0. The van der Waals surface area contributed by atoms with Gasteiger partial charge in [0.05, 0.1) is 25.2 Å². The van der Waals surface area contributed by atoms with Gasteiger partial charge >= 0.3 is 6.03 Å². The van der Waals surface area contributed by atoms with Crippen LogP contribution in [0.1, 0.15) is 43.0 Å². The summed E-state index contributed by atoms with van der Waals surface area (Å²) in [5.41, 5.74) is 23.0. The minimum atomic E-state index is -1.28. The third-order valence-corrected chi connectivity index (χ3v) is 10.1. The van der Waals surface area contributed by atoms with Crippen LogP contribution in [0, 0.1) is 0 Å². The Morgan fingerprint density at radius 3 is 2.08 bits per heavy atom. The molecular weight excluding hydrogens is 797 g/mol. The van der Waals surface area contributed by atoms with E-state index >= 15 is 0 Å². The van der Waals surface area contributed by atoms with Crippen LogP contribution in [0.3, 0.4) is 0 Å². The van der Waals surface area contributed by atoms with Gasteiger partial charge in [0.2, 0.25) is 23.6 Å². The maximum absolute atomic E-state index is 14.4. The number of nitrogens with zero attached hydrogens (tertiary/aromatic N) is 2. The Labute approximate surface area is 358 Å². The summed E-state index contributed by atoms with van der Waals surface area (Å²) in [4.78, 5) is 91.7. The van der Waals surface area contributed by atoms with E-state index in [1.54, 1.807) is 42.6 Å². The van der Waals surface area contributed by atoms with E-state index in [0.29, 0.717) is 36.4 Å². The van der Waals surface area contributed by atoms with E-state index in [1.807, 2.05) is 30.3 Å². The van der Waals surface area contributed by atoms with Gasteiger partial charge in [0.1, 0.15) is 29.9 Å². The number of primary amides is 1. The van der Waals surface area contributed by atoms with E-state index in [-0.39, 0.29) is 31.4 Å². The fraction of sp³-hybridized carbons (Fsp3) is 0.326. The number of H-pyrrole nitrogens is 2. The van der Waals surface area contributed by atoms with Crippen molar-refractivity contribution >= 4 is 52.2 Å². The predicted molar refractivity (Wildman–Crippen MR) is 232 cm³/mol. The lowest BCUT2D eigenvalue weighted by Gasteiger charge is -2.28. The number of carbonyl (C=O) groups excluding carboxylic acids is 6. The zero-order chi connectivity index (χ0) is 44.6. The first-order chi connectivity index (χ1) is 29.9. The largest absolute Gasteiger partial charge is 0.497 e. The molecular formula is C43H54N12O7. The molecule has 328 valence electrons. The van der Waals surface area contributed by atoms with Crippen LogP contribution in [0.25, 0.3) is 10.9 Å². The molecule has 0 saturated carbocycles. The van der Waals surface area contributed by atoms with E-state index in [2.05, 4.69) is 41.6 Å². The van der Waals surface area contributed by atoms with Crippen LogP contribution in [-0.2, 0) is 43.2 Å². The van der Waals surface area contributed by atoms with Gasteiger partial charge < -0.3 is 53.2 Å². The second kappa shape index (κ2) is 22.4. The molecule has 5 rings (SSSR count). The van der Waals surface area contributed by atoms with Crippen LogP contribution in [0.2, 0.25) is 0 Å². The van der Waals surface area contributed by atoms with E-state index in [9.17, 15) is 28.8 Å². The Kier molecular flexibility index (Phi) is 16.5. The van der Waals surface area contributed by atoms with Crippen LogP contribution in [0.4, 0.5) is 10.5 Å². The van der Waals surface area contributed by atoms with Crippen molar-refractivity contribution in [3.63, 3.8) is 0 Å². The summed E-state index contributed by atoms with van der Waals surface area (Å²) in [6.07, 6.45) is 6.23. The topological polar surface area (TPSA) is 298 Å². The van der Waals surface area contributed by atoms with Crippen LogP contribution in [0.15, 0.2) is 97.6 Å². The summed E-state index contributed by atoms with van der Waals surface area (Å²) in [6.45, 7) is 1.81. The van der Waals surface area contributed by atoms with Crippen molar-refractivity contribution < 1.29 is 33.5 Å². The molecule has 0 aliphatic heterocycles. The average molecular weight is 851 g/mol. The molecule has 5 atom stereocenters. The third-order valence-electron chi connectivity index (χ3n) is 10.1. The Balaban J connectivity index is 1.37. The highest BCUT2D eigenvalue weighted by Crippen LogP contribution is 2.21. The quantitative estimate of drug-likeness (QED) is 0.0369. The highest BCUT2D eigenvalue weighted by atomic mass is 16.5. The molecule has 0 aliphatic carbocycles. The number of ether oxygens (including phenoxy) is 1. The molecule has 0 aliphatic rings. The number of amides is 7. The number of anilines is 1. The van der Waals surface area contributed by atoms with Crippen molar-refractivity contribution in [3.05, 3.63) is 114 Å². The van der Waals surface area contributed by atoms with Crippen molar-refractivity contribution in [2.45, 2.75) is 75.7 Å². The Morgan fingerprint density at radius 1 is 0.758 bits per heavy atom. The second-order valence-electron chi connectivity index (χ2n) is 14.7. The minimum Gasteiger partial charge on any atom is -0.497 e. The first-order valence-electron chi connectivity index (χ1n) is 20.1. The molecule has 0 saturated heterocycles. The van der Waals surface area contributed by atoms with Crippen LogP contribution in [-0.4, -0.2) is 94.4 Å². The molecule has 0 unspecified atom stereocenters. The van der Waals surface area contributed by atoms with Gasteiger partial charge in [-0.25, -0.2) is 14.8 Å². The number of nitrogens with two attached hydrogens (primary N) is 3. The smallest absolute Gasteiger partial charge is 0.341 e. The molecule has 0 radical (unpaired) electrons. The number of hydrogen-bond donors (Lipinski definition) is 10. The second-order valence-corrected chi connectivity index (χ2v) is 14.7. The predicted octanol–water partition coefficient (Wildman–Crippen LogP) is 0.959. The third kappa shape index (κ3) is 12.9. The maximum Gasteiger partial charge on any atom is 0.341 e. The fourth-order valence-corrected chi connectivity index (χ4v) is 6.61. The van der Waals surface area contributed by atoms with E-state index in [0.717, 1.165) is 21.5 Å². The molecule has 0 fully saturated rings. The van der Waals surface area contributed by atoms with Crippen LogP contribution in [0.5, 0.6) is 5.75 Å². The van der Waals surface area contributed by atoms with E-state index < -0.39 is 65.8 Å². The van der Waals surface area contributed by atoms with E-state index in [4.69, 9.17) is 21.9 Å². The SMILES string of the molecule is COc1ccc(N(NC(=O)[C@@H](N)Cc2cnc[nH]2)C(=O)N[C@@H](C)C(=O)N[C@@H](Cc2c[nH]c3ccccc23)C(=O)N[C@H](Cc2ccccc2)C(=O)N[C@@H](CCCCN)C(N)=O)cc1. The van der Waals surface area contributed by atoms with Gasteiger partial charge in [0.15, 0.2) is 0 Å². The molecule has 62 heavy (non-hydrogen) atoms. The number of fused-ring (bicyclic) bond motifs is 1. The summed E-state index contributed by atoms with van der Waals surface area (Å²) in [5, 5.41) is 12.6. The van der Waals surface area contributed by atoms with Gasteiger partial charge in [0, 0.05) is 48.3 Å². The number of carbonyl (C=O) groups is 6. The maximum atomic E-state index is 14.4. The number of rotatable bonds is 21. The van der Waals surface area contributed by atoms with Crippen molar-refractivity contribution in [2.75, 3.05) is 18.7 Å². The molecule has 3 aromatic carbocycles. The Morgan fingerprint density at radius 2 is 1.42 bits per heavy atom. The number of aromatic amines is 2. The molecule has 2 aromatic heterocycles. The van der Waals surface area contributed by atoms with E-state index in [1.165, 1.54) is 38.7 Å². The molecule has 19 heteroatoms. The Hall–Kier alpha value is -7.25. The summed E-state index contributed by atoms with van der Waals surface area (Å²) < 4.78 is 5.24.